The van der Waals surface area contributed by atoms with E-state index in [0.29, 0.717) is 16.9 Å². The minimum Gasteiger partial charge on any atom is -0.493 e. The number of para-hydroxylation sites is 1. The van der Waals surface area contributed by atoms with E-state index in [1.807, 2.05) is 6.92 Å². The van der Waals surface area contributed by atoms with Crippen LogP contribution >= 0.6 is 0 Å². The van der Waals surface area contributed by atoms with Crippen LogP contribution in [0.5, 0.6) is 11.5 Å². The van der Waals surface area contributed by atoms with E-state index >= 15 is 0 Å². The molecule has 0 aliphatic heterocycles. The van der Waals surface area contributed by atoms with Crippen molar-refractivity contribution in [1.82, 2.24) is 5.32 Å². The molecule has 0 aromatic heterocycles. The maximum atomic E-state index is 13.8. The highest BCUT2D eigenvalue weighted by Gasteiger charge is 2.34. The van der Waals surface area contributed by atoms with Crippen LogP contribution in [0.4, 0.5) is 24.5 Å². The number of nitrogens with zero attached hydrogens (tertiary/aromatic N) is 1. The van der Waals surface area contributed by atoms with E-state index in [1.165, 1.54) is 38.5 Å². The third-order valence-electron chi connectivity index (χ3n) is 5.95. The number of hydrogen-bond donors (Lipinski definition) is 2. The second kappa shape index (κ2) is 13.4. The monoisotopic (exact) mass is 593 g/mol. The highest BCUT2D eigenvalue weighted by atomic mass is 32.2. The summed E-state index contributed by atoms with van der Waals surface area (Å²) in [6.45, 7) is 1.49. The van der Waals surface area contributed by atoms with Gasteiger partial charge in [-0.15, -0.1) is 0 Å². The number of sulfonamides is 1. The standard InChI is InChI=1S/C28H30F3N3O6S/c1-4-5-15-32-27(36)22-11-6-7-12-23(22)33-26(35)18-34(20-10-8-9-19(16-20)28(29,30)31)41(37,38)21-13-14-24(39-2)25(17-21)40-3/h6-14,16-17H,4-5,15,18H2,1-3H3,(H,32,36)(H,33,35). The quantitative estimate of drug-likeness (QED) is 0.283. The zero-order chi connectivity index (χ0) is 30.2. The molecular weight excluding hydrogens is 563 g/mol. The van der Waals surface area contributed by atoms with Gasteiger partial charge in [-0.1, -0.05) is 31.5 Å². The van der Waals surface area contributed by atoms with E-state index < -0.39 is 45.8 Å². The highest BCUT2D eigenvalue weighted by Crippen LogP contribution is 2.35. The third kappa shape index (κ3) is 7.69. The van der Waals surface area contributed by atoms with Crippen LogP contribution in [0.1, 0.15) is 35.7 Å². The smallest absolute Gasteiger partial charge is 0.416 e. The minimum absolute atomic E-state index is 0.0602. The molecule has 13 heteroatoms. The first kappa shape index (κ1) is 31.3. The number of amides is 2. The fourth-order valence-corrected chi connectivity index (χ4v) is 5.27. The van der Waals surface area contributed by atoms with E-state index in [0.717, 1.165) is 37.1 Å². The summed E-state index contributed by atoms with van der Waals surface area (Å²) in [7, 11) is -1.96. The molecule has 3 rings (SSSR count). The third-order valence-corrected chi connectivity index (χ3v) is 7.72. The summed E-state index contributed by atoms with van der Waals surface area (Å²) in [6, 6.07) is 13.4. The molecule has 0 unspecified atom stereocenters. The Kier molecular flexibility index (Phi) is 10.2. The van der Waals surface area contributed by atoms with Crippen LogP contribution in [0.25, 0.3) is 0 Å². The van der Waals surface area contributed by atoms with Gasteiger partial charge in [-0.05, 0) is 48.9 Å². The number of rotatable bonds is 12. The summed E-state index contributed by atoms with van der Waals surface area (Å²) in [5.74, 6) is -1.05. The summed E-state index contributed by atoms with van der Waals surface area (Å²) < 4.78 is 78.9. The molecule has 0 fully saturated rings. The molecular formula is C28H30F3N3O6S. The molecule has 3 aromatic carbocycles. The second-order valence-corrected chi connectivity index (χ2v) is 10.6. The molecule has 0 aliphatic carbocycles. The Hall–Kier alpha value is -4.26. The predicted molar refractivity (Wildman–Crippen MR) is 148 cm³/mol. The maximum Gasteiger partial charge on any atom is 0.416 e. The van der Waals surface area contributed by atoms with Gasteiger partial charge in [-0.3, -0.25) is 13.9 Å². The van der Waals surface area contributed by atoms with Crippen LogP contribution in [0, 0.1) is 0 Å². The highest BCUT2D eigenvalue weighted by molar-refractivity contribution is 7.92. The number of carbonyl (C=O) groups is 2. The molecule has 2 N–H and O–H groups in total. The van der Waals surface area contributed by atoms with Gasteiger partial charge in [0.05, 0.1) is 41.6 Å². The van der Waals surface area contributed by atoms with Gasteiger partial charge in [0.15, 0.2) is 11.5 Å². The number of carbonyl (C=O) groups excluding carboxylic acids is 2. The van der Waals surface area contributed by atoms with Crippen LogP contribution in [-0.2, 0) is 21.0 Å². The Morgan fingerprint density at radius 3 is 2.29 bits per heavy atom. The lowest BCUT2D eigenvalue weighted by Gasteiger charge is -2.25. The number of alkyl halides is 3. The van der Waals surface area contributed by atoms with E-state index in [-0.39, 0.29) is 27.6 Å². The Balaban J connectivity index is 2.01. The molecule has 0 aliphatic rings. The van der Waals surface area contributed by atoms with Gasteiger partial charge in [0.25, 0.3) is 15.9 Å². The lowest BCUT2D eigenvalue weighted by molar-refractivity contribution is -0.137. The molecule has 41 heavy (non-hydrogen) atoms. The number of halogens is 3. The van der Waals surface area contributed by atoms with Crippen molar-refractivity contribution in [2.24, 2.45) is 0 Å². The van der Waals surface area contributed by atoms with Gasteiger partial charge in [-0.25, -0.2) is 8.42 Å². The number of anilines is 2. The van der Waals surface area contributed by atoms with Crippen molar-refractivity contribution < 1.29 is 40.7 Å². The van der Waals surface area contributed by atoms with Crippen molar-refractivity contribution in [3.05, 3.63) is 77.9 Å². The first-order valence-corrected chi connectivity index (χ1v) is 14.0. The van der Waals surface area contributed by atoms with Crippen molar-refractivity contribution in [3.8, 4) is 11.5 Å². The van der Waals surface area contributed by atoms with Crippen LogP contribution < -0.4 is 24.4 Å². The van der Waals surface area contributed by atoms with Gasteiger partial charge in [0.2, 0.25) is 5.91 Å². The van der Waals surface area contributed by atoms with Gasteiger partial charge >= 0.3 is 6.18 Å². The van der Waals surface area contributed by atoms with Gasteiger partial charge in [0.1, 0.15) is 6.54 Å². The van der Waals surface area contributed by atoms with Gasteiger partial charge in [-0.2, -0.15) is 13.2 Å². The zero-order valence-electron chi connectivity index (χ0n) is 22.6. The number of methoxy groups -OCH3 is 2. The molecule has 0 radical (unpaired) electrons. The van der Waals surface area contributed by atoms with Gasteiger partial charge in [0, 0.05) is 12.6 Å². The van der Waals surface area contributed by atoms with Crippen molar-refractivity contribution >= 4 is 33.2 Å². The molecule has 0 spiro atoms. The Bertz CT molecular complexity index is 1500. The average molecular weight is 594 g/mol. The molecule has 0 atom stereocenters. The van der Waals surface area contributed by atoms with Gasteiger partial charge < -0.3 is 20.1 Å². The van der Waals surface area contributed by atoms with Crippen LogP contribution in [-0.4, -0.2) is 47.5 Å². The Labute approximate surface area is 236 Å². The number of ether oxygens (including phenoxy) is 2. The normalized spacial score (nSPS) is 11.5. The van der Waals surface area contributed by atoms with Crippen LogP contribution in [0.15, 0.2) is 71.6 Å². The fraction of sp³-hybridized carbons (Fsp3) is 0.286. The van der Waals surface area contributed by atoms with E-state index in [4.69, 9.17) is 9.47 Å². The topological polar surface area (TPSA) is 114 Å². The Morgan fingerprint density at radius 2 is 1.63 bits per heavy atom. The SMILES string of the molecule is CCCCNC(=O)c1ccccc1NC(=O)CN(c1cccc(C(F)(F)F)c1)S(=O)(=O)c1ccc(OC)c(OC)c1. The number of unbranched alkanes of at least 4 members (excludes halogenated alkanes) is 1. The number of benzene rings is 3. The summed E-state index contributed by atoms with van der Waals surface area (Å²) in [5.41, 5.74) is -1.24. The van der Waals surface area contributed by atoms with Crippen molar-refractivity contribution in [3.63, 3.8) is 0 Å². The molecule has 0 saturated heterocycles. The molecule has 9 nitrogen and oxygen atoms in total. The van der Waals surface area contributed by atoms with Crippen molar-refractivity contribution in [2.45, 2.75) is 30.8 Å². The molecule has 220 valence electrons. The molecule has 0 heterocycles. The number of nitrogens with one attached hydrogen (secondary N) is 2. The van der Waals surface area contributed by atoms with Crippen LogP contribution in [0.2, 0.25) is 0 Å². The molecule has 3 aromatic rings. The summed E-state index contributed by atoms with van der Waals surface area (Å²) in [4.78, 5) is 25.5. The fourth-order valence-electron chi connectivity index (χ4n) is 3.84. The van der Waals surface area contributed by atoms with Crippen molar-refractivity contribution in [1.29, 1.82) is 0 Å². The lowest BCUT2D eigenvalue weighted by atomic mass is 10.1. The first-order chi connectivity index (χ1) is 19.4. The minimum atomic E-state index is -4.76. The summed E-state index contributed by atoms with van der Waals surface area (Å²) >= 11 is 0. The van der Waals surface area contributed by atoms with E-state index in [2.05, 4.69) is 10.6 Å². The van der Waals surface area contributed by atoms with E-state index in [1.54, 1.807) is 12.1 Å². The predicted octanol–water partition coefficient (Wildman–Crippen LogP) is 5.09. The lowest BCUT2D eigenvalue weighted by Crippen LogP contribution is -2.38. The molecule has 2 amide bonds. The number of hydrogen-bond acceptors (Lipinski definition) is 6. The molecule has 0 bridgehead atoms. The largest absolute Gasteiger partial charge is 0.493 e. The summed E-state index contributed by atoms with van der Waals surface area (Å²) in [5, 5.41) is 5.26. The molecule has 0 saturated carbocycles. The van der Waals surface area contributed by atoms with Crippen LogP contribution in [0.3, 0.4) is 0 Å². The van der Waals surface area contributed by atoms with Crippen molar-refractivity contribution in [2.75, 3.05) is 36.9 Å². The summed E-state index contributed by atoms with van der Waals surface area (Å²) in [6.07, 6.45) is -3.15. The Morgan fingerprint density at radius 1 is 0.927 bits per heavy atom. The maximum absolute atomic E-state index is 13.8. The zero-order valence-corrected chi connectivity index (χ0v) is 23.4. The second-order valence-electron chi connectivity index (χ2n) is 8.78. The average Bonchev–Trinajstić information content (AvgIpc) is 2.95. The van der Waals surface area contributed by atoms with E-state index in [9.17, 15) is 31.2 Å². The first-order valence-electron chi connectivity index (χ1n) is 12.5.